The van der Waals surface area contributed by atoms with Crippen LogP contribution in [0.4, 0.5) is 18.9 Å². The highest BCUT2D eigenvalue weighted by molar-refractivity contribution is 9.10. The SMILES string of the molecule is O=C(Nc1ccc(Br)c(C(F)(F)F)c1)[C@@H]1CC=CCC1. The number of rotatable bonds is 2. The third-order valence-electron chi connectivity index (χ3n) is 3.18. The van der Waals surface area contributed by atoms with Crippen LogP contribution >= 0.6 is 15.9 Å². The zero-order valence-corrected chi connectivity index (χ0v) is 12.1. The van der Waals surface area contributed by atoms with Crippen LogP contribution < -0.4 is 5.32 Å². The molecule has 2 nitrogen and oxygen atoms in total. The molecule has 0 fully saturated rings. The molecule has 0 spiro atoms. The second-order valence-corrected chi connectivity index (χ2v) is 5.52. The molecule has 0 aromatic heterocycles. The van der Waals surface area contributed by atoms with Gasteiger partial charge in [-0.25, -0.2) is 0 Å². The van der Waals surface area contributed by atoms with Crippen LogP contribution in [0.1, 0.15) is 24.8 Å². The Morgan fingerprint density at radius 2 is 2.05 bits per heavy atom. The molecule has 1 aliphatic rings. The van der Waals surface area contributed by atoms with Gasteiger partial charge in [0.25, 0.3) is 0 Å². The molecule has 1 amide bonds. The van der Waals surface area contributed by atoms with Crippen molar-refractivity contribution in [2.75, 3.05) is 5.32 Å². The third-order valence-corrected chi connectivity index (χ3v) is 3.87. The van der Waals surface area contributed by atoms with Crippen molar-refractivity contribution in [3.8, 4) is 0 Å². The van der Waals surface area contributed by atoms with E-state index in [9.17, 15) is 18.0 Å². The Hall–Kier alpha value is -1.30. The fraction of sp³-hybridized carbons (Fsp3) is 0.357. The number of hydrogen-bond donors (Lipinski definition) is 1. The summed E-state index contributed by atoms with van der Waals surface area (Å²) < 4.78 is 38.3. The average molecular weight is 348 g/mol. The monoisotopic (exact) mass is 347 g/mol. The maximum atomic E-state index is 12.8. The minimum atomic E-state index is -4.45. The van der Waals surface area contributed by atoms with Gasteiger partial charge in [-0.3, -0.25) is 4.79 Å². The van der Waals surface area contributed by atoms with Crippen molar-refractivity contribution in [1.29, 1.82) is 0 Å². The highest BCUT2D eigenvalue weighted by Crippen LogP contribution is 2.36. The van der Waals surface area contributed by atoms with E-state index in [0.717, 1.165) is 18.9 Å². The van der Waals surface area contributed by atoms with Gasteiger partial charge in [0.15, 0.2) is 0 Å². The van der Waals surface area contributed by atoms with E-state index in [1.807, 2.05) is 12.2 Å². The first-order valence-corrected chi connectivity index (χ1v) is 7.00. The van der Waals surface area contributed by atoms with E-state index >= 15 is 0 Å². The Bertz CT molecular complexity index is 540. The van der Waals surface area contributed by atoms with E-state index in [1.54, 1.807) is 0 Å². The zero-order chi connectivity index (χ0) is 14.8. The summed E-state index contributed by atoms with van der Waals surface area (Å²) in [6.45, 7) is 0. The van der Waals surface area contributed by atoms with Gasteiger partial charge in [-0.05, 0) is 37.5 Å². The molecule has 1 atom stereocenters. The quantitative estimate of drug-likeness (QED) is 0.767. The van der Waals surface area contributed by atoms with Gasteiger partial charge in [0, 0.05) is 16.1 Å². The molecule has 6 heteroatoms. The van der Waals surface area contributed by atoms with Gasteiger partial charge in [-0.1, -0.05) is 28.1 Å². The molecule has 0 saturated heterocycles. The standard InChI is InChI=1S/C14H13BrF3NO/c15-12-7-6-10(8-11(12)14(16,17)18)19-13(20)9-4-2-1-3-5-9/h1-2,6-9H,3-5H2,(H,19,20)/t9-/m1/s1. The number of amides is 1. The summed E-state index contributed by atoms with van der Waals surface area (Å²) >= 11 is 2.87. The zero-order valence-electron chi connectivity index (χ0n) is 10.5. The van der Waals surface area contributed by atoms with E-state index in [-0.39, 0.29) is 22.0 Å². The minimum Gasteiger partial charge on any atom is -0.326 e. The maximum Gasteiger partial charge on any atom is 0.417 e. The Morgan fingerprint density at radius 3 is 2.65 bits per heavy atom. The molecule has 1 N–H and O–H groups in total. The number of alkyl halides is 3. The lowest BCUT2D eigenvalue weighted by atomic mass is 9.93. The Balaban J connectivity index is 2.13. The van der Waals surface area contributed by atoms with Gasteiger partial charge < -0.3 is 5.32 Å². The van der Waals surface area contributed by atoms with E-state index in [2.05, 4.69) is 21.2 Å². The number of allylic oxidation sites excluding steroid dienone is 2. The van der Waals surface area contributed by atoms with E-state index in [0.29, 0.717) is 6.42 Å². The van der Waals surface area contributed by atoms with Crippen LogP contribution in [0.15, 0.2) is 34.8 Å². The van der Waals surface area contributed by atoms with Crippen molar-refractivity contribution >= 4 is 27.5 Å². The second kappa shape index (κ2) is 5.99. The van der Waals surface area contributed by atoms with Crippen LogP contribution in [-0.4, -0.2) is 5.91 Å². The van der Waals surface area contributed by atoms with E-state index in [4.69, 9.17) is 0 Å². The molecule has 1 aromatic rings. The Kier molecular flexibility index (Phi) is 4.52. The highest BCUT2D eigenvalue weighted by Gasteiger charge is 2.33. The van der Waals surface area contributed by atoms with Crippen molar-refractivity contribution in [1.82, 2.24) is 0 Å². The fourth-order valence-electron chi connectivity index (χ4n) is 2.10. The molecule has 0 aliphatic heterocycles. The Morgan fingerprint density at radius 1 is 1.30 bits per heavy atom. The van der Waals surface area contributed by atoms with Crippen molar-refractivity contribution in [2.45, 2.75) is 25.4 Å². The van der Waals surface area contributed by atoms with Gasteiger partial charge in [-0.2, -0.15) is 13.2 Å². The minimum absolute atomic E-state index is 0.0383. The molecule has 0 bridgehead atoms. The molecule has 108 valence electrons. The molecule has 0 unspecified atom stereocenters. The van der Waals surface area contributed by atoms with E-state index in [1.165, 1.54) is 12.1 Å². The van der Waals surface area contributed by atoms with Crippen molar-refractivity contribution in [3.05, 3.63) is 40.4 Å². The predicted molar refractivity (Wildman–Crippen MR) is 74.3 cm³/mol. The van der Waals surface area contributed by atoms with Crippen LogP contribution in [0.2, 0.25) is 0 Å². The first kappa shape index (κ1) is 15.1. The number of anilines is 1. The second-order valence-electron chi connectivity index (χ2n) is 4.66. The Labute approximate surface area is 123 Å². The summed E-state index contributed by atoms with van der Waals surface area (Å²) in [5.74, 6) is -0.400. The van der Waals surface area contributed by atoms with Crippen LogP contribution in [0, 0.1) is 5.92 Å². The molecule has 0 heterocycles. The molecule has 0 saturated carbocycles. The van der Waals surface area contributed by atoms with Crippen molar-refractivity contribution in [3.63, 3.8) is 0 Å². The lowest BCUT2D eigenvalue weighted by molar-refractivity contribution is -0.138. The van der Waals surface area contributed by atoms with Gasteiger partial charge >= 0.3 is 6.18 Å². The summed E-state index contributed by atoms with van der Waals surface area (Å²) in [7, 11) is 0. The lowest BCUT2D eigenvalue weighted by Crippen LogP contribution is -2.23. The molecular weight excluding hydrogens is 335 g/mol. The lowest BCUT2D eigenvalue weighted by Gasteiger charge is -2.18. The molecule has 0 radical (unpaired) electrons. The predicted octanol–water partition coefficient (Wildman–Crippen LogP) is 4.76. The number of benzene rings is 1. The van der Waals surface area contributed by atoms with Crippen LogP contribution in [-0.2, 0) is 11.0 Å². The van der Waals surface area contributed by atoms with Gasteiger partial charge in [0.2, 0.25) is 5.91 Å². The van der Waals surface area contributed by atoms with Gasteiger partial charge in [0.1, 0.15) is 0 Å². The highest BCUT2D eigenvalue weighted by atomic mass is 79.9. The van der Waals surface area contributed by atoms with E-state index < -0.39 is 11.7 Å². The molecule has 20 heavy (non-hydrogen) atoms. The number of carbonyl (C=O) groups is 1. The average Bonchev–Trinajstić information content (AvgIpc) is 2.40. The van der Waals surface area contributed by atoms with Gasteiger partial charge in [0.05, 0.1) is 5.56 Å². The topological polar surface area (TPSA) is 29.1 Å². The number of nitrogens with one attached hydrogen (secondary N) is 1. The van der Waals surface area contributed by atoms with Crippen LogP contribution in [0.25, 0.3) is 0 Å². The number of halogens is 4. The van der Waals surface area contributed by atoms with Gasteiger partial charge in [-0.15, -0.1) is 0 Å². The van der Waals surface area contributed by atoms with Crippen LogP contribution in [0.3, 0.4) is 0 Å². The molecule has 1 aliphatic carbocycles. The van der Waals surface area contributed by atoms with Crippen LogP contribution in [0.5, 0.6) is 0 Å². The molecule has 1 aromatic carbocycles. The number of hydrogen-bond acceptors (Lipinski definition) is 1. The smallest absolute Gasteiger partial charge is 0.326 e. The first-order valence-electron chi connectivity index (χ1n) is 6.20. The molecular formula is C14H13BrF3NO. The normalized spacial score (nSPS) is 18.9. The van der Waals surface area contributed by atoms with Crippen molar-refractivity contribution in [2.24, 2.45) is 5.92 Å². The largest absolute Gasteiger partial charge is 0.417 e. The summed E-state index contributed by atoms with van der Waals surface area (Å²) in [6, 6.07) is 3.69. The summed E-state index contributed by atoms with van der Waals surface area (Å²) in [5.41, 5.74) is -0.626. The summed E-state index contributed by atoms with van der Waals surface area (Å²) in [6.07, 6.45) is 1.67. The first-order chi connectivity index (χ1) is 9.38. The third kappa shape index (κ3) is 3.62. The molecule has 2 rings (SSSR count). The van der Waals surface area contributed by atoms with Crippen molar-refractivity contribution < 1.29 is 18.0 Å². The fourth-order valence-corrected chi connectivity index (χ4v) is 2.57. The summed E-state index contributed by atoms with van der Waals surface area (Å²) in [5, 5.41) is 2.56. The summed E-state index contributed by atoms with van der Waals surface area (Å²) in [4.78, 5) is 12.0. The maximum absolute atomic E-state index is 12.8. The number of carbonyl (C=O) groups excluding carboxylic acids is 1.